The molecule has 1 aliphatic rings. The van der Waals surface area contributed by atoms with Gasteiger partial charge in [0, 0.05) is 17.1 Å². The number of carbonyl (C=O) groups excluding carboxylic acids is 1. The molecule has 0 aliphatic carbocycles. The molecule has 152 valence electrons. The molecular weight excluding hydrogens is 416 g/mol. The molecule has 0 saturated carbocycles. The molecule has 1 amide bonds. The standard InChI is InChI=1S/C18H19Cl2F3N4O/c1-17(2,3)13-8-14(18(21,22)23)27-15(25-13)7-12(26-27)16(28)24-11-5-4-9(19)6-10(11)20/h4-7,13-14,25H,8H2,1-3H3,(H,24,28)/t13-,14+/m0/s1. The molecule has 2 aromatic rings. The Morgan fingerprint density at radius 1 is 1.25 bits per heavy atom. The number of rotatable bonds is 2. The highest BCUT2D eigenvalue weighted by atomic mass is 35.5. The number of carbonyl (C=O) groups is 1. The molecule has 2 heterocycles. The van der Waals surface area contributed by atoms with Crippen molar-refractivity contribution in [3.8, 4) is 0 Å². The van der Waals surface area contributed by atoms with Gasteiger partial charge in [-0.15, -0.1) is 0 Å². The molecule has 2 N–H and O–H groups in total. The third kappa shape index (κ3) is 4.22. The van der Waals surface area contributed by atoms with E-state index >= 15 is 0 Å². The van der Waals surface area contributed by atoms with Gasteiger partial charge in [-0.2, -0.15) is 18.3 Å². The number of hydrogen-bond donors (Lipinski definition) is 2. The second-order valence-corrected chi connectivity index (χ2v) is 8.64. The van der Waals surface area contributed by atoms with E-state index in [1.807, 2.05) is 20.8 Å². The predicted molar refractivity (Wildman–Crippen MR) is 103 cm³/mol. The van der Waals surface area contributed by atoms with E-state index in [0.717, 1.165) is 4.68 Å². The minimum Gasteiger partial charge on any atom is -0.367 e. The average Bonchev–Trinajstić information content (AvgIpc) is 2.98. The van der Waals surface area contributed by atoms with Crippen molar-refractivity contribution >= 4 is 40.6 Å². The summed E-state index contributed by atoms with van der Waals surface area (Å²) < 4.78 is 41.7. The molecule has 1 aromatic heterocycles. The highest BCUT2D eigenvalue weighted by molar-refractivity contribution is 6.36. The minimum absolute atomic E-state index is 0.141. The zero-order chi connectivity index (χ0) is 20.9. The molecule has 1 aromatic carbocycles. The van der Waals surface area contributed by atoms with Crippen LogP contribution in [0.25, 0.3) is 0 Å². The molecule has 0 fully saturated rings. The molecule has 3 rings (SSSR count). The van der Waals surface area contributed by atoms with Crippen molar-refractivity contribution in [2.24, 2.45) is 5.41 Å². The quantitative estimate of drug-likeness (QED) is 0.629. The monoisotopic (exact) mass is 434 g/mol. The van der Waals surface area contributed by atoms with Crippen molar-refractivity contribution in [2.75, 3.05) is 10.6 Å². The second kappa shape index (κ2) is 7.15. The molecule has 0 spiro atoms. The number of anilines is 2. The molecular formula is C18H19Cl2F3N4O. The van der Waals surface area contributed by atoms with Gasteiger partial charge in [0.1, 0.15) is 5.82 Å². The predicted octanol–water partition coefficient (Wildman–Crippen LogP) is 5.78. The van der Waals surface area contributed by atoms with Gasteiger partial charge in [0.25, 0.3) is 5.91 Å². The molecule has 0 saturated heterocycles. The zero-order valence-electron chi connectivity index (χ0n) is 15.4. The number of hydrogen-bond acceptors (Lipinski definition) is 3. The number of aromatic nitrogens is 2. The van der Waals surface area contributed by atoms with Crippen LogP contribution in [0.3, 0.4) is 0 Å². The summed E-state index contributed by atoms with van der Waals surface area (Å²) in [5, 5.41) is 10.1. The highest BCUT2D eigenvalue weighted by Crippen LogP contribution is 2.43. The Balaban J connectivity index is 1.92. The van der Waals surface area contributed by atoms with Gasteiger partial charge in [-0.25, -0.2) is 4.68 Å². The van der Waals surface area contributed by atoms with E-state index < -0.39 is 29.6 Å². The fourth-order valence-electron chi connectivity index (χ4n) is 3.03. The molecule has 2 atom stereocenters. The van der Waals surface area contributed by atoms with Crippen LogP contribution in [0.15, 0.2) is 24.3 Å². The van der Waals surface area contributed by atoms with Crippen LogP contribution in [-0.4, -0.2) is 27.9 Å². The van der Waals surface area contributed by atoms with Crippen LogP contribution in [0.4, 0.5) is 24.7 Å². The van der Waals surface area contributed by atoms with Crippen LogP contribution in [-0.2, 0) is 0 Å². The van der Waals surface area contributed by atoms with Crippen LogP contribution < -0.4 is 10.6 Å². The number of alkyl halides is 3. The molecule has 10 heteroatoms. The lowest BCUT2D eigenvalue weighted by Crippen LogP contribution is -2.44. The third-order valence-corrected chi connectivity index (χ3v) is 5.20. The van der Waals surface area contributed by atoms with Gasteiger partial charge in [-0.3, -0.25) is 4.79 Å². The van der Waals surface area contributed by atoms with Crippen LogP contribution in [0.1, 0.15) is 43.7 Å². The Hall–Kier alpha value is -1.93. The maximum absolute atomic E-state index is 13.6. The summed E-state index contributed by atoms with van der Waals surface area (Å²) in [4.78, 5) is 12.5. The van der Waals surface area contributed by atoms with E-state index in [1.165, 1.54) is 24.3 Å². The largest absolute Gasteiger partial charge is 0.410 e. The van der Waals surface area contributed by atoms with Crippen LogP contribution in [0, 0.1) is 5.41 Å². The number of benzene rings is 1. The van der Waals surface area contributed by atoms with E-state index in [0.29, 0.717) is 5.02 Å². The van der Waals surface area contributed by atoms with Crippen molar-refractivity contribution in [3.63, 3.8) is 0 Å². The van der Waals surface area contributed by atoms with Gasteiger partial charge < -0.3 is 10.6 Å². The van der Waals surface area contributed by atoms with E-state index in [-0.39, 0.29) is 28.6 Å². The molecule has 1 aliphatic heterocycles. The van der Waals surface area contributed by atoms with Gasteiger partial charge >= 0.3 is 6.18 Å². The Bertz CT molecular complexity index is 905. The first kappa shape index (κ1) is 20.8. The van der Waals surface area contributed by atoms with Crippen molar-refractivity contribution in [1.29, 1.82) is 0 Å². The normalized spacial score (nSPS) is 19.7. The third-order valence-electron chi connectivity index (χ3n) is 4.65. The maximum Gasteiger partial charge on any atom is 0.410 e. The van der Waals surface area contributed by atoms with Crippen molar-refractivity contribution in [3.05, 3.63) is 40.0 Å². The fourth-order valence-corrected chi connectivity index (χ4v) is 3.49. The van der Waals surface area contributed by atoms with E-state index in [2.05, 4.69) is 15.7 Å². The lowest BCUT2D eigenvalue weighted by Gasteiger charge is -2.39. The SMILES string of the molecule is CC(C)(C)[C@@H]1C[C@H](C(F)(F)F)n2nc(C(=O)Nc3ccc(Cl)cc3Cl)cc2N1. The summed E-state index contributed by atoms with van der Waals surface area (Å²) in [5.74, 6) is -0.512. The number of halogens is 5. The summed E-state index contributed by atoms with van der Waals surface area (Å²) in [6.07, 6.45) is -4.66. The van der Waals surface area contributed by atoms with Crippen molar-refractivity contribution < 1.29 is 18.0 Å². The van der Waals surface area contributed by atoms with Gasteiger partial charge in [-0.05, 0) is 30.0 Å². The Labute approximate surface area is 170 Å². The highest BCUT2D eigenvalue weighted by Gasteiger charge is 2.48. The van der Waals surface area contributed by atoms with Gasteiger partial charge in [0.05, 0.1) is 10.7 Å². The first-order chi connectivity index (χ1) is 12.9. The Kier molecular flexibility index (Phi) is 5.31. The van der Waals surface area contributed by atoms with E-state index in [9.17, 15) is 18.0 Å². The number of amides is 1. The minimum atomic E-state index is -4.49. The van der Waals surface area contributed by atoms with Crippen LogP contribution in [0.2, 0.25) is 10.0 Å². The van der Waals surface area contributed by atoms with Crippen molar-refractivity contribution in [2.45, 2.75) is 45.5 Å². The maximum atomic E-state index is 13.6. The second-order valence-electron chi connectivity index (χ2n) is 7.79. The molecule has 0 unspecified atom stereocenters. The topological polar surface area (TPSA) is 59.0 Å². The lowest BCUT2D eigenvalue weighted by molar-refractivity contribution is -0.175. The van der Waals surface area contributed by atoms with Crippen LogP contribution >= 0.6 is 23.2 Å². The summed E-state index contributed by atoms with van der Waals surface area (Å²) >= 11 is 11.8. The molecule has 0 radical (unpaired) electrons. The number of fused-ring (bicyclic) bond motifs is 1. The van der Waals surface area contributed by atoms with Crippen LogP contribution in [0.5, 0.6) is 0 Å². The van der Waals surface area contributed by atoms with Gasteiger partial charge in [0.2, 0.25) is 0 Å². The Morgan fingerprint density at radius 2 is 1.93 bits per heavy atom. The summed E-state index contributed by atoms with van der Waals surface area (Å²) in [7, 11) is 0. The summed E-state index contributed by atoms with van der Waals surface area (Å²) in [6, 6.07) is 3.57. The van der Waals surface area contributed by atoms with Crippen molar-refractivity contribution in [1.82, 2.24) is 9.78 Å². The smallest absolute Gasteiger partial charge is 0.367 e. The first-order valence-corrected chi connectivity index (χ1v) is 9.31. The van der Waals surface area contributed by atoms with E-state index in [4.69, 9.17) is 23.2 Å². The lowest BCUT2D eigenvalue weighted by atomic mass is 9.82. The van der Waals surface area contributed by atoms with E-state index in [1.54, 1.807) is 0 Å². The first-order valence-electron chi connectivity index (χ1n) is 8.55. The molecule has 28 heavy (non-hydrogen) atoms. The molecule has 5 nitrogen and oxygen atoms in total. The summed E-state index contributed by atoms with van der Waals surface area (Å²) in [5.41, 5.74) is -0.259. The molecule has 0 bridgehead atoms. The number of nitrogens with one attached hydrogen (secondary N) is 2. The van der Waals surface area contributed by atoms with Gasteiger partial charge in [0.15, 0.2) is 11.7 Å². The zero-order valence-corrected chi connectivity index (χ0v) is 16.9. The fraction of sp³-hybridized carbons (Fsp3) is 0.444. The summed E-state index contributed by atoms with van der Waals surface area (Å²) in [6.45, 7) is 5.58. The van der Waals surface area contributed by atoms with Gasteiger partial charge in [-0.1, -0.05) is 44.0 Å². The Morgan fingerprint density at radius 3 is 2.50 bits per heavy atom. The average molecular weight is 435 g/mol. The number of nitrogens with zero attached hydrogens (tertiary/aromatic N) is 2.